The number of hydrogen-bond acceptors (Lipinski definition) is 6. The van der Waals surface area contributed by atoms with E-state index in [0.29, 0.717) is 39.1 Å². The van der Waals surface area contributed by atoms with Crippen molar-refractivity contribution < 1.29 is 23.8 Å². The molecule has 4 rings (SSSR count). The van der Waals surface area contributed by atoms with E-state index in [-0.39, 0.29) is 18.5 Å². The molecule has 0 fully saturated rings. The summed E-state index contributed by atoms with van der Waals surface area (Å²) < 4.78 is 17.5. The number of nitrogens with one attached hydrogen (secondary N) is 1. The largest absolute Gasteiger partial charge is 0.493 e. The first kappa shape index (κ1) is 26.9. The molecule has 0 aliphatic heterocycles. The number of halogens is 1. The zero-order chi connectivity index (χ0) is 26.4. The lowest BCUT2D eigenvalue weighted by atomic mass is 9.88. The molecule has 1 amide bonds. The summed E-state index contributed by atoms with van der Waals surface area (Å²) >= 11 is 5.03. The molecule has 1 unspecified atom stereocenters. The molecular weight excluding hydrogens is 554 g/mol. The van der Waals surface area contributed by atoms with Crippen LogP contribution in [0.3, 0.4) is 0 Å². The number of benzene rings is 2. The van der Waals surface area contributed by atoms with Crippen LogP contribution in [0, 0.1) is 5.92 Å². The summed E-state index contributed by atoms with van der Waals surface area (Å²) in [7, 11) is 1.58. The van der Waals surface area contributed by atoms with Crippen molar-refractivity contribution in [2.45, 2.75) is 39.7 Å². The standard InChI is InChI=1S/C29H30BrNO5S/c1-4-35-29(33)26-21-12-10-18(2)14-24(21)37-28(26)31-25(32)13-11-20-15-22(30)27(23(16-20)34-3)36-17-19-8-6-5-7-9-19/h5-9,11,13,15-16,18H,4,10,12,14,17H2,1-3H3,(H,31,32)/b13-11+. The minimum atomic E-state index is -0.381. The lowest BCUT2D eigenvalue weighted by Gasteiger charge is -2.18. The molecule has 1 heterocycles. The molecule has 8 heteroatoms. The van der Waals surface area contributed by atoms with Crippen LogP contribution in [0.4, 0.5) is 5.00 Å². The van der Waals surface area contributed by atoms with Crippen molar-refractivity contribution in [1.82, 2.24) is 0 Å². The van der Waals surface area contributed by atoms with E-state index in [2.05, 4.69) is 28.2 Å². The Morgan fingerprint density at radius 3 is 2.73 bits per heavy atom. The van der Waals surface area contributed by atoms with Gasteiger partial charge in [-0.05, 0) is 82.9 Å². The molecule has 1 atom stereocenters. The molecular formula is C29H30BrNO5S. The predicted octanol–water partition coefficient (Wildman–Crippen LogP) is 7.05. The molecule has 3 aromatic rings. The van der Waals surface area contributed by atoms with Gasteiger partial charge in [0, 0.05) is 11.0 Å². The zero-order valence-corrected chi connectivity index (χ0v) is 23.5. The third kappa shape index (κ3) is 6.62. The number of rotatable bonds is 9. The van der Waals surface area contributed by atoms with Gasteiger partial charge in [0.05, 0.1) is 23.8 Å². The molecule has 194 valence electrons. The van der Waals surface area contributed by atoms with Crippen LogP contribution in [0.5, 0.6) is 11.5 Å². The number of ether oxygens (including phenoxy) is 3. The molecule has 6 nitrogen and oxygen atoms in total. The van der Waals surface area contributed by atoms with Crippen molar-refractivity contribution in [1.29, 1.82) is 0 Å². The van der Waals surface area contributed by atoms with Crippen molar-refractivity contribution in [3.8, 4) is 11.5 Å². The van der Waals surface area contributed by atoms with Gasteiger partial charge in [0.1, 0.15) is 11.6 Å². The number of carbonyl (C=O) groups is 2. The van der Waals surface area contributed by atoms with E-state index in [1.54, 1.807) is 20.1 Å². The third-order valence-corrected chi connectivity index (χ3v) is 7.89. The van der Waals surface area contributed by atoms with Crippen LogP contribution in [0.2, 0.25) is 0 Å². The van der Waals surface area contributed by atoms with E-state index in [1.165, 1.54) is 17.4 Å². The van der Waals surface area contributed by atoms with E-state index in [9.17, 15) is 9.59 Å². The van der Waals surface area contributed by atoms with Crippen LogP contribution in [0.25, 0.3) is 6.08 Å². The lowest BCUT2D eigenvalue weighted by molar-refractivity contribution is -0.111. The van der Waals surface area contributed by atoms with Crippen molar-refractivity contribution >= 4 is 50.2 Å². The summed E-state index contributed by atoms with van der Waals surface area (Å²) in [6, 6.07) is 13.5. The van der Waals surface area contributed by atoms with Gasteiger partial charge in [0.2, 0.25) is 5.91 Å². The summed E-state index contributed by atoms with van der Waals surface area (Å²) in [5, 5.41) is 3.46. The average Bonchev–Trinajstić information content (AvgIpc) is 3.23. The molecule has 0 spiro atoms. The minimum Gasteiger partial charge on any atom is -0.493 e. The Kier molecular flexibility index (Phi) is 9.05. The van der Waals surface area contributed by atoms with Crippen molar-refractivity contribution in [3.05, 3.63) is 80.1 Å². The summed E-state index contributed by atoms with van der Waals surface area (Å²) in [4.78, 5) is 26.7. The van der Waals surface area contributed by atoms with Crippen molar-refractivity contribution in [3.63, 3.8) is 0 Å². The fraction of sp³-hybridized carbons (Fsp3) is 0.310. The smallest absolute Gasteiger partial charge is 0.341 e. The average molecular weight is 585 g/mol. The van der Waals surface area contributed by atoms with Gasteiger partial charge in [-0.25, -0.2) is 4.79 Å². The molecule has 0 radical (unpaired) electrons. The van der Waals surface area contributed by atoms with Gasteiger partial charge in [-0.15, -0.1) is 11.3 Å². The van der Waals surface area contributed by atoms with Gasteiger partial charge in [-0.1, -0.05) is 37.3 Å². The number of thiophene rings is 1. The number of fused-ring (bicyclic) bond motifs is 1. The van der Waals surface area contributed by atoms with Gasteiger partial charge in [-0.2, -0.15) is 0 Å². The maximum absolute atomic E-state index is 12.9. The highest BCUT2D eigenvalue weighted by atomic mass is 79.9. The molecule has 1 aromatic heterocycles. The number of anilines is 1. The Labute approximate surface area is 229 Å². The second-order valence-corrected chi connectivity index (χ2v) is 10.9. The van der Waals surface area contributed by atoms with Crippen LogP contribution in [0.1, 0.15) is 52.2 Å². The Hall–Kier alpha value is -3.10. The van der Waals surface area contributed by atoms with E-state index >= 15 is 0 Å². The van der Waals surface area contributed by atoms with E-state index < -0.39 is 0 Å². The first-order valence-corrected chi connectivity index (χ1v) is 13.9. The number of esters is 1. The fourth-order valence-corrected chi connectivity index (χ4v) is 6.27. The summed E-state index contributed by atoms with van der Waals surface area (Å²) in [6.07, 6.45) is 5.89. The second kappa shape index (κ2) is 12.4. The third-order valence-electron chi connectivity index (χ3n) is 6.13. The maximum atomic E-state index is 12.9. The van der Waals surface area contributed by atoms with Crippen LogP contribution in [0.15, 0.2) is 53.0 Å². The Morgan fingerprint density at radius 2 is 2.00 bits per heavy atom. The Bertz CT molecular complexity index is 1300. The van der Waals surface area contributed by atoms with Crippen molar-refractivity contribution in [2.75, 3.05) is 19.0 Å². The Morgan fingerprint density at radius 1 is 1.22 bits per heavy atom. The SMILES string of the molecule is CCOC(=O)c1c(NC(=O)/C=C/c2cc(Br)c(OCc3ccccc3)c(OC)c2)sc2c1CCC(C)C2. The number of methoxy groups -OCH3 is 1. The van der Waals surface area contributed by atoms with Gasteiger partial charge in [-0.3, -0.25) is 4.79 Å². The summed E-state index contributed by atoms with van der Waals surface area (Å²) in [6.45, 7) is 4.68. The van der Waals surface area contributed by atoms with Crippen LogP contribution in [-0.2, 0) is 29.0 Å². The highest BCUT2D eigenvalue weighted by molar-refractivity contribution is 9.10. The fourth-order valence-electron chi connectivity index (χ4n) is 4.29. The highest BCUT2D eigenvalue weighted by Crippen LogP contribution is 2.40. The monoisotopic (exact) mass is 583 g/mol. The zero-order valence-electron chi connectivity index (χ0n) is 21.1. The first-order chi connectivity index (χ1) is 17.9. The molecule has 1 N–H and O–H groups in total. The van der Waals surface area contributed by atoms with Crippen LogP contribution >= 0.6 is 27.3 Å². The minimum absolute atomic E-state index is 0.287. The predicted molar refractivity (Wildman–Crippen MR) is 151 cm³/mol. The summed E-state index contributed by atoms with van der Waals surface area (Å²) in [5.74, 6) is 0.989. The molecule has 1 aliphatic rings. The topological polar surface area (TPSA) is 73.9 Å². The first-order valence-electron chi connectivity index (χ1n) is 12.2. The number of carbonyl (C=O) groups excluding carboxylic acids is 2. The maximum Gasteiger partial charge on any atom is 0.341 e. The molecule has 2 aromatic carbocycles. The van der Waals surface area contributed by atoms with Crippen LogP contribution in [-0.4, -0.2) is 25.6 Å². The number of amides is 1. The van der Waals surface area contributed by atoms with Gasteiger partial charge in [0.25, 0.3) is 0 Å². The Balaban J connectivity index is 1.50. The van der Waals surface area contributed by atoms with Gasteiger partial charge >= 0.3 is 5.97 Å². The molecule has 37 heavy (non-hydrogen) atoms. The van der Waals surface area contributed by atoms with Gasteiger partial charge in [0.15, 0.2) is 11.5 Å². The highest BCUT2D eigenvalue weighted by Gasteiger charge is 2.29. The number of hydrogen-bond donors (Lipinski definition) is 1. The molecule has 0 saturated carbocycles. The lowest BCUT2D eigenvalue weighted by Crippen LogP contribution is -2.15. The van der Waals surface area contributed by atoms with Gasteiger partial charge < -0.3 is 19.5 Å². The van der Waals surface area contributed by atoms with Crippen LogP contribution < -0.4 is 14.8 Å². The van der Waals surface area contributed by atoms with E-state index in [1.807, 2.05) is 42.5 Å². The molecule has 1 aliphatic carbocycles. The normalized spacial score (nSPS) is 14.8. The quantitative estimate of drug-likeness (QED) is 0.216. The second-order valence-electron chi connectivity index (χ2n) is 8.91. The van der Waals surface area contributed by atoms with E-state index in [0.717, 1.165) is 40.8 Å². The molecule has 0 bridgehead atoms. The van der Waals surface area contributed by atoms with E-state index in [4.69, 9.17) is 14.2 Å². The summed E-state index contributed by atoms with van der Waals surface area (Å²) in [5.41, 5.74) is 3.32. The molecule has 0 saturated heterocycles. The van der Waals surface area contributed by atoms with Crippen molar-refractivity contribution in [2.24, 2.45) is 5.92 Å².